The maximum absolute atomic E-state index is 13.0. The van der Waals surface area contributed by atoms with E-state index in [1.54, 1.807) is 22.8 Å². The lowest BCUT2D eigenvalue weighted by molar-refractivity contribution is 0.00255. The number of hydrogen-bond donors (Lipinski definition) is 0. The zero-order chi connectivity index (χ0) is 17.2. The minimum Gasteiger partial charge on any atom is -0.369 e. The van der Waals surface area contributed by atoms with Crippen molar-refractivity contribution >= 4 is 11.6 Å². The first kappa shape index (κ1) is 15.2. The number of fused-ring (bicyclic) bond motifs is 2. The maximum Gasteiger partial charge on any atom is 0.255 e. The summed E-state index contributed by atoms with van der Waals surface area (Å²) in [4.78, 5) is 17.2. The lowest BCUT2D eigenvalue weighted by Crippen LogP contribution is -2.40. The lowest BCUT2D eigenvalue weighted by atomic mass is 9.73. The summed E-state index contributed by atoms with van der Waals surface area (Å²) in [6.07, 6.45) is 4.26. The Hall–Kier alpha value is -2.06. The minimum atomic E-state index is -0.125. The van der Waals surface area contributed by atoms with Crippen molar-refractivity contribution in [3.63, 3.8) is 0 Å². The molecule has 2 aromatic heterocycles. The highest BCUT2D eigenvalue weighted by Crippen LogP contribution is 2.55. The van der Waals surface area contributed by atoms with Gasteiger partial charge in [-0.05, 0) is 49.5 Å². The van der Waals surface area contributed by atoms with Gasteiger partial charge in [0.1, 0.15) is 0 Å². The van der Waals surface area contributed by atoms with Crippen LogP contribution in [0, 0.1) is 11.8 Å². The van der Waals surface area contributed by atoms with Crippen LogP contribution in [0.25, 0.3) is 5.65 Å². The fourth-order valence-corrected chi connectivity index (χ4v) is 5.06. The van der Waals surface area contributed by atoms with Crippen LogP contribution in [-0.4, -0.2) is 81.2 Å². The lowest BCUT2D eigenvalue weighted by Gasteiger charge is -2.30. The van der Waals surface area contributed by atoms with E-state index < -0.39 is 0 Å². The van der Waals surface area contributed by atoms with Gasteiger partial charge in [0, 0.05) is 31.1 Å². The second kappa shape index (κ2) is 5.22. The fourth-order valence-electron chi connectivity index (χ4n) is 5.06. The minimum absolute atomic E-state index is 0.0387. The van der Waals surface area contributed by atoms with Gasteiger partial charge >= 0.3 is 0 Å². The monoisotopic (exact) mass is 342 g/mol. The van der Waals surface area contributed by atoms with Gasteiger partial charge in [0.2, 0.25) is 0 Å². The van der Waals surface area contributed by atoms with Crippen molar-refractivity contribution in [3.05, 3.63) is 23.9 Å². The van der Waals surface area contributed by atoms with Gasteiger partial charge in [-0.3, -0.25) is 4.79 Å². The van der Waals surface area contributed by atoms with Gasteiger partial charge in [0.15, 0.2) is 5.65 Å². The van der Waals surface area contributed by atoms with E-state index in [2.05, 4.69) is 34.5 Å². The van der Waals surface area contributed by atoms with Gasteiger partial charge in [0.05, 0.1) is 23.8 Å². The number of hydrogen-bond acceptors (Lipinski definition) is 6. The summed E-state index contributed by atoms with van der Waals surface area (Å²) in [5, 5.41) is 11.4. The molecule has 3 fully saturated rings. The standard InChI is InChI=1S/C17H22N6O2/c1-21(2)8-12-13-9-22(10-17(13)6-5-14(12)25-17)16(24)11-3-4-15-18-19-20-23(15)7-11/h3-4,7,12-14H,5-6,8-10H2,1-2H3/t12-,13+,14+,17+/m1/s1. The van der Waals surface area contributed by atoms with Crippen LogP contribution in [-0.2, 0) is 4.74 Å². The molecule has 0 unspecified atom stereocenters. The summed E-state index contributed by atoms with van der Waals surface area (Å²) in [6, 6.07) is 3.58. The van der Waals surface area contributed by atoms with E-state index >= 15 is 0 Å². The Morgan fingerprint density at radius 2 is 2.32 bits per heavy atom. The topological polar surface area (TPSA) is 75.9 Å². The van der Waals surface area contributed by atoms with Crippen molar-refractivity contribution in [2.24, 2.45) is 11.8 Å². The third-order valence-electron chi connectivity index (χ3n) is 6.09. The molecule has 3 aliphatic rings. The van der Waals surface area contributed by atoms with Gasteiger partial charge < -0.3 is 14.5 Å². The van der Waals surface area contributed by atoms with Gasteiger partial charge in [-0.15, -0.1) is 5.10 Å². The van der Waals surface area contributed by atoms with Gasteiger partial charge in [-0.1, -0.05) is 0 Å². The maximum atomic E-state index is 13.0. The molecule has 8 nitrogen and oxygen atoms in total. The van der Waals surface area contributed by atoms with Crippen molar-refractivity contribution in [1.82, 2.24) is 29.8 Å². The number of tetrazole rings is 1. The molecule has 8 heteroatoms. The van der Waals surface area contributed by atoms with Crippen LogP contribution < -0.4 is 0 Å². The highest BCUT2D eigenvalue weighted by Gasteiger charge is 2.63. The van der Waals surface area contributed by atoms with Crippen LogP contribution >= 0.6 is 0 Å². The average molecular weight is 342 g/mol. The van der Waals surface area contributed by atoms with Crippen molar-refractivity contribution in [3.8, 4) is 0 Å². The molecule has 5 rings (SSSR count). The molecule has 3 saturated heterocycles. The van der Waals surface area contributed by atoms with E-state index in [4.69, 9.17) is 4.74 Å². The highest BCUT2D eigenvalue weighted by molar-refractivity contribution is 5.94. The first-order valence-corrected chi connectivity index (χ1v) is 8.85. The fraction of sp³-hybridized carbons (Fsp3) is 0.647. The molecule has 2 aromatic rings. The first-order valence-electron chi connectivity index (χ1n) is 8.85. The molecular formula is C17H22N6O2. The van der Waals surface area contributed by atoms with E-state index in [0.717, 1.165) is 25.9 Å². The van der Waals surface area contributed by atoms with E-state index in [1.165, 1.54) is 0 Å². The Morgan fingerprint density at radius 3 is 3.16 bits per heavy atom. The third-order valence-corrected chi connectivity index (χ3v) is 6.09. The first-order chi connectivity index (χ1) is 12.1. The summed E-state index contributed by atoms with van der Waals surface area (Å²) < 4.78 is 7.95. The summed E-state index contributed by atoms with van der Waals surface area (Å²) in [5.41, 5.74) is 1.14. The van der Waals surface area contributed by atoms with Crippen LogP contribution in [0.1, 0.15) is 23.2 Å². The predicted molar refractivity (Wildman–Crippen MR) is 89.1 cm³/mol. The molecule has 0 aromatic carbocycles. The summed E-state index contributed by atoms with van der Waals surface area (Å²) in [6.45, 7) is 2.50. The molecule has 25 heavy (non-hydrogen) atoms. The number of rotatable bonds is 3. The van der Waals surface area contributed by atoms with Crippen molar-refractivity contribution in [2.45, 2.75) is 24.5 Å². The van der Waals surface area contributed by atoms with Crippen LogP contribution in [0.5, 0.6) is 0 Å². The number of nitrogens with zero attached hydrogens (tertiary/aromatic N) is 6. The molecule has 0 aliphatic carbocycles. The van der Waals surface area contributed by atoms with E-state index in [0.29, 0.717) is 35.7 Å². The van der Waals surface area contributed by atoms with Crippen LogP contribution in [0.3, 0.4) is 0 Å². The zero-order valence-electron chi connectivity index (χ0n) is 14.5. The smallest absolute Gasteiger partial charge is 0.255 e. The number of carbonyl (C=O) groups excluding carboxylic acids is 1. The SMILES string of the molecule is CN(C)C[C@H]1[C@@H]2CC[C@@]3(CN(C(=O)c4ccc5nnnn5c4)C[C@@H]13)O2. The summed E-state index contributed by atoms with van der Waals surface area (Å²) in [5.74, 6) is 0.995. The Bertz CT molecular complexity index is 835. The van der Waals surface area contributed by atoms with E-state index in [1.807, 2.05) is 4.90 Å². The van der Waals surface area contributed by atoms with Crippen LogP contribution in [0.15, 0.2) is 18.3 Å². The molecule has 2 bridgehead atoms. The van der Waals surface area contributed by atoms with E-state index in [-0.39, 0.29) is 11.5 Å². The Labute approximate surface area is 145 Å². The largest absolute Gasteiger partial charge is 0.369 e. The normalized spacial score (nSPS) is 33.6. The van der Waals surface area contributed by atoms with Crippen LogP contribution in [0.2, 0.25) is 0 Å². The molecule has 0 N–H and O–H groups in total. The second-order valence-corrected chi connectivity index (χ2v) is 7.88. The highest BCUT2D eigenvalue weighted by atomic mass is 16.5. The Morgan fingerprint density at radius 1 is 1.44 bits per heavy atom. The molecule has 1 spiro atoms. The molecule has 4 atom stereocenters. The van der Waals surface area contributed by atoms with Gasteiger partial charge in [-0.25, -0.2) is 0 Å². The molecule has 5 heterocycles. The quantitative estimate of drug-likeness (QED) is 0.799. The molecule has 132 valence electrons. The molecule has 0 saturated carbocycles. The number of amides is 1. The average Bonchev–Trinajstić information content (AvgIpc) is 3.33. The zero-order valence-corrected chi connectivity index (χ0v) is 14.5. The molecule has 3 aliphatic heterocycles. The van der Waals surface area contributed by atoms with Crippen molar-refractivity contribution in [1.29, 1.82) is 0 Å². The Balaban J connectivity index is 1.40. The summed E-state index contributed by atoms with van der Waals surface area (Å²) >= 11 is 0. The number of likely N-dealkylation sites (tertiary alicyclic amines) is 1. The Kier molecular flexibility index (Phi) is 3.18. The van der Waals surface area contributed by atoms with Gasteiger partial charge in [-0.2, -0.15) is 4.52 Å². The predicted octanol–water partition coefficient (Wildman–Crippen LogP) is 0.305. The molecular weight excluding hydrogens is 320 g/mol. The molecule has 1 amide bonds. The second-order valence-electron chi connectivity index (χ2n) is 7.88. The van der Waals surface area contributed by atoms with Gasteiger partial charge in [0.25, 0.3) is 5.91 Å². The van der Waals surface area contributed by atoms with Crippen molar-refractivity contribution in [2.75, 3.05) is 33.7 Å². The van der Waals surface area contributed by atoms with Crippen LogP contribution in [0.4, 0.5) is 0 Å². The third kappa shape index (κ3) is 2.20. The number of aromatic nitrogens is 4. The van der Waals surface area contributed by atoms with Crippen molar-refractivity contribution < 1.29 is 9.53 Å². The molecule has 0 radical (unpaired) electrons. The summed E-state index contributed by atoms with van der Waals surface area (Å²) in [7, 11) is 4.22. The number of ether oxygens (including phenoxy) is 1. The number of carbonyl (C=O) groups is 1. The van der Waals surface area contributed by atoms with E-state index in [9.17, 15) is 4.79 Å². The number of pyridine rings is 1.